The van der Waals surface area contributed by atoms with E-state index in [-0.39, 0.29) is 12.0 Å². The van der Waals surface area contributed by atoms with Gasteiger partial charge in [0.05, 0.1) is 12.7 Å². The molecule has 0 spiro atoms. The lowest BCUT2D eigenvalue weighted by Gasteiger charge is -2.18. The molecule has 1 N–H and O–H groups in total. The Kier molecular flexibility index (Phi) is 7.23. The Labute approximate surface area is 81.0 Å². The SMILES string of the molecule is CCCOC(C)COC(O)C(C)C. The van der Waals surface area contributed by atoms with Gasteiger partial charge in [0.25, 0.3) is 0 Å². The summed E-state index contributed by atoms with van der Waals surface area (Å²) in [5, 5.41) is 9.32. The second-order valence-corrected chi connectivity index (χ2v) is 3.65. The van der Waals surface area contributed by atoms with Crippen molar-refractivity contribution in [3.63, 3.8) is 0 Å². The molecule has 0 amide bonds. The Hall–Kier alpha value is -0.120. The summed E-state index contributed by atoms with van der Waals surface area (Å²) >= 11 is 0. The van der Waals surface area contributed by atoms with E-state index in [0.717, 1.165) is 13.0 Å². The zero-order valence-electron chi connectivity index (χ0n) is 9.12. The molecule has 0 aromatic carbocycles. The van der Waals surface area contributed by atoms with E-state index in [9.17, 15) is 5.11 Å². The second kappa shape index (κ2) is 7.30. The first kappa shape index (κ1) is 12.9. The van der Waals surface area contributed by atoms with E-state index in [1.165, 1.54) is 0 Å². The van der Waals surface area contributed by atoms with Crippen LogP contribution in [-0.4, -0.2) is 30.7 Å². The molecule has 0 aromatic heterocycles. The Bertz CT molecular complexity index is 115. The Morgan fingerprint density at radius 3 is 2.23 bits per heavy atom. The normalized spacial score (nSPS) is 16.2. The van der Waals surface area contributed by atoms with Crippen molar-refractivity contribution in [3.8, 4) is 0 Å². The van der Waals surface area contributed by atoms with Gasteiger partial charge in [0.1, 0.15) is 0 Å². The highest BCUT2D eigenvalue weighted by molar-refractivity contribution is 4.51. The summed E-state index contributed by atoms with van der Waals surface area (Å²) in [6, 6.07) is 0. The summed E-state index contributed by atoms with van der Waals surface area (Å²) in [5.74, 6) is 0.137. The van der Waals surface area contributed by atoms with Crippen LogP contribution >= 0.6 is 0 Å². The monoisotopic (exact) mass is 190 g/mol. The van der Waals surface area contributed by atoms with Gasteiger partial charge in [-0.15, -0.1) is 0 Å². The van der Waals surface area contributed by atoms with Crippen molar-refractivity contribution in [1.29, 1.82) is 0 Å². The highest BCUT2D eigenvalue weighted by atomic mass is 16.6. The quantitative estimate of drug-likeness (QED) is 0.622. The highest BCUT2D eigenvalue weighted by Gasteiger charge is 2.11. The van der Waals surface area contributed by atoms with Gasteiger partial charge < -0.3 is 14.6 Å². The molecule has 0 aliphatic carbocycles. The Morgan fingerprint density at radius 2 is 1.77 bits per heavy atom. The smallest absolute Gasteiger partial charge is 0.156 e. The number of aliphatic hydroxyl groups is 1. The zero-order valence-corrected chi connectivity index (χ0v) is 9.12. The lowest BCUT2D eigenvalue weighted by molar-refractivity contribution is -0.149. The van der Waals surface area contributed by atoms with Crippen LogP contribution in [0.4, 0.5) is 0 Å². The maximum atomic E-state index is 9.32. The minimum absolute atomic E-state index is 0.0633. The van der Waals surface area contributed by atoms with Gasteiger partial charge in [-0.1, -0.05) is 20.8 Å². The van der Waals surface area contributed by atoms with Gasteiger partial charge in [0.2, 0.25) is 0 Å². The Morgan fingerprint density at radius 1 is 1.15 bits per heavy atom. The van der Waals surface area contributed by atoms with E-state index in [2.05, 4.69) is 6.92 Å². The third kappa shape index (κ3) is 6.99. The van der Waals surface area contributed by atoms with Crippen LogP contribution in [-0.2, 0) is 9.47 Å². The largest absolute Gasteiger partial charge is 0.376 e. The lowest BCUT2D eigenvalue weighted by atomic mass is 10.2. The molecule has 0 fully saturated rings. The average Bonchev–Trinajstić information content (AvgIpc) is 2.10. The van der Waals surface area contributed by atoms with Gasteiger partial charge in [-0.3, -0.25) is 0 Å². The molecule has 0 aliphatic rings. The van der Waals surface area contributed by atoms with E-state index in [1.807, 2.05) is 20.8 Å². The molecule has 0 radical (unpaired) electrons. The molecule has 0 saturated carbocycles. The fourth-order valence-electron chi connectivity index (χ4n) is 0.794. The van der Waals surface area contributed by atoms with Crippen molar-refractivity contribution in [2.24, 2.45) is 5.92 Å². The van der Waals surface area contributed by atoms with Crippen LogP contribution in [0.2, 0.25) is 0 Å². The first-order chi connectivity index (χ1) is 6.07. The van der Waals surface area contributed by atoms with E-state index in [4.69, 9.17) is 9.47 Å². The molecule has 13 heavy (non-hydrogen) atoms. The number of hydrogen-bond donors (Lipinski definition) is 1. The average molecular weight is 190 g/mol. The topological polar surface area (TPSA) is 38.7 Å². The van der Waals surface area contributed by atoms with Gasteiger partial charge in [-0.2, -0.15) is 0 Å². The van der Waals surface area contributed by atoms with Crippen LogP contribution in [0, 0.1) is 5.92 Å². The van der Waals surface area contributed by atoms with Crippen LogP contribution in [0.15, 0.2) is 0 Å². The number of rotatable bonds is 7. The van der Waals surface area contributed by atoms with Crippen molar-refractivity contribution in [1.82, 2.24) is 0 Å². The minimum atomic E-state index is -0.673. The number of hydrogen-bond acceptors (Lipinski definition) is 3. The van der Waals surface area contributed by atoms with E-state index >= 15 is 0 Å². The minimum Gasteiger partial charge on any atom is -0.376 e. The van der Waals surface area contributed by atoms with Crippen LogP contribution in [0.5, 0.6) is 0 Å². The third-order valence-corrected chi connectivity index (χ3v) is 1.68. The van der Waals surface area contributed by atoms with Crippen molar-refractivity contribution < 1.29 is 14.6 Å². The maximum absolute atomic E-state index is 9.32. The summed E-state index contributed by atoms with van der Waals surface area (Å²) in [6.07, 6.45) is 0.401. The number of aliphatic hydroxyl groups excluding tert-OH is 1. The molecule has 0 saturated heterocycles. The van der Waals surface area contributed by atoms with E-state index in [1.54, 1.807) is 0 Å². The number of ether oxygens (including phenoxy) is 2. The summed E-state index contributed by atoms with van der Waals surface area (Å²) in [5.41, 5.74) is 0. The standard InChI is InChI=1S/C10H22O3/c1-5-6-12-9(4)7-13-10(11)8(2)3/h8-11H,5-7H2,1-4H3. The second-order valence-electron chi connectivity index (χ2n) is 3.65. The summed E-state index contributed by atoms with van der Waals surface area (Å²) in [6.45, 7) is 9.06. The van der Waals surface area contributed by atoms with Crippen LogP contribution in [0.1, 0.15) is 34.1 Å². The van der Waals surface area contributed by atoms with Crippen molar-refractivity contribution in [2.75, 3.05) is 13.2 Å². The van der Waals surface area contributed by atoms with Gasteiger partial charge >= 0.3 is 0 Å². The zero-order chi connectivity index (χ0) is 10.3. The third-order valence-electron chi connectivity index (χ3n) is 1.68. The van der Waals surface area contributed by atoms with Gasteiger partial charge in [-0.25, -0.2) is 0 Å². The van der Waals surface area contributed by atoms with Gasteiger partial charge in [-0.05, 0) is 13.3 Å². The predicted octanol–water partition coefficient (Wildman–Crippen LogP) is 1.79. The summed E-state index contributed by atoms with van der Waals surface area (Å²) in [7, 11) is 0. The maximum Gasteiger partial charge on any atom is 0.156 e. The summed E-state index contributed by atoms with van der Waals surface area (Å²) in [4.78, 5) is 0. The lowest BCUT2D eigenvalue weighted by Crippen LogP contribution is -2.25. The fourth-order valence-corrected chi connectivity index (χ4v) is 0.794. The van der Waals surface area contributed by atoms with Gasteiger partial charge in [0.15, 0.2) is 6.29 Å². The fraction of sp³-hybridized carbons (Fsp3) is 1.00. The van der Waals surface area contributed by atoms with Gasteiger partial charge in [0, 0.05) is 12.5 Å². The molecule has 0 aromatic rings. The van der Waals surface area contributed by atoms with Crippen molar-refractivity contribution in [2.45, 2.75) is 46.5 Å². The van der Waals surface area contributed by atoms with Crippen LogP contribution in [0.3, 0.4) is 0 Å². The van der Waals surface area contributed by atoms with Crippen LogP contribution in [0.25, 0.3) is 0 Å². The molecule has 0 rings (SSSR count). The highest BCUT2D eigenvalue weighted by Crippen LogP contribution is 2.04. The Balaban J connectivity index is 3.40. The molecular formula is C10H22O3. The molecule has 2 unspecified atom stereocenters. The molecule has 2 atom stereocenters. The molecule has 80 valence electrons. The molecule has 0 aliphatic heterocycles. The van der Waals surface area contributed by atoms with Crippen LogP contribution < -0.4 is 0 Å². The predicted molar refractivity (Wildman–Crippen MR) is 52.5 cm³/mol. The molecule has 3 heteroatoms. The molecule has 0 bridgehead atoms. The first-order valence-electron chi connectivity index (χ1n) is 4.99. The summed E-state index contributed by atoms with van der Waals surface area (Å²) < 4.78 is 10.6. The van der Waals surface area contributed by atoms with E-state index in [0.29, 0.717) is 6.61 Å². The van der Waals surface area contributed by atoms with Crippen molar-refractivity contribution in [3.05, 3.63) is 0 Å². The van der Waals surface area contributed by atoms with Crippen molar-refractivity contribution >= 4 is 0 Å². The molecule has 0 heterocycles. The molecule has 3 nitrogen and oxygen atoms in total. The molecular weight excluding hydrogens is 168 g/mol. The first-order valence-corrected chi connectivity index (χ1v) is 4.99. The van der Waals surface area contributed by atoms with E-state index < -0.39 is 6.29 Å².